The molecule has 19 heavy (non-hydrogen) atoms. The van der Waals surface area contributed by atoms with Gasteiger partial charge in [0.05, 0.1) is 6.61 Å². The van der Waals surface area contributed by atoms with Crippen LogP contribution >= 0.6 is 0 Å². The Labute approximate surface area is 118 Å². The molecule has 1 N–H and O–H groups in total. The molecule has 1 aromatic rings. The Morgan fingerprint density at radius 1 is 1.05 bits per heavy atom. The minimum atomic E-state index is 0.278. The second kappa shape index (κ2) is 8.21. The quantitative estimate of drug-likeness (QED) is 0.706. The summed E-state index contributed by atoms with van der Waals surface area (Å²) in [7, 11) is 0. The molecule has 0 unspecified atom stereocenters. The summed E-state index contributed by atoms with van der Waals surface area (Å²) in [5.41, 5.74) is 1.58. The Bertz CT molecular complexity index is 350. The van der Waals surface area contributed by atoms with E-state index in [1.165, 1.54) is 24.8 Å². The van der Waals surface area contributed by atoms with Crippen LogP contribution < -0.4 is 10.1 Å². The predicted octanol–water partition coefficient (Wildman–Crippen LogP) is 4.53. The Morgan fingerprint density at radius 2 is 1.74 bits per heavy atom. The predicted molar refractivity (Wildman–Crippen MR) is 82.7 cm³/mol. The van der Waals surface area contributed by atoms with Crippen LogP contribution in [0.3, 0.4) is 0 Å². The second-order valence-electron chi connectivity index (χ2n) is 5.19. The van der Waals surface area contributed by atoms with Crippen molar-refractivity contribution >= 4 is 0 Å². The maximum Gasteiger partial charge on any atom is 0.119 e. The van der Waals surface area contributed by atoms with E-state index in [9.17, 15) is 0 Å². The smallest absolute Gasteiger partial charge is 0.119 e. The molecule has 0 aliphatic heterocycles. The average molecular weight is 263 g/mol. The van der Waals surface area contributed by atoms with Gasteiger partial charge in [-0.05, 0) is 43.4 Å². The zero-order valence-corrected chi connectivity index (χ0v) is 13.0. The van der Waals surface area contributed by atoms with Gasteiger partial charge in [0.25, 0.3) is 0 Å². The molecule has 2 nitrogen and oxygen atoms in total. The Balaban J connectivity index is 2.61. The van der Waals surface area contributed by atoms with Gasteiger partial charge in [-0.2, -0.15) is 0 Å². The largest absolute Gasteiger partial charge is 0.494 e. The van der Waals surface area contributed by atoms with Gasteiger partial charge in [0.1, 0.15) is 5.75 Å². The van der Waals surface area contributed by atoms with Gasteiger partial charge >= 0.3 is 0 Å². The summed E-state index contributed by atoms with van der Waals surface area (Å²) in [6, 6.07) is 8.42. The van der Waals surface area contributed by atoms with E-state index >= 15 is 0 Å². The number of ether oxygens (including phenoxy) is 1. The molecular formula is C17H29NO. The fourth-order valence-corrected chi connectivity index (χ4v) is 2.38. The molecule has 0 bridgehead atoms. The van der Waals surface area contributed by atoms with E-state index in [-0.39, 0.29) is 5.54 Å². The molecule has 2 heteroatoms. The lowest BCUT2D eigenvalue weighted by atomic mass is 9.89. The third-order valence-corrected chi connectivity index (χ3v) is 4.07. The lowest BCUT2D eigenvalue weighted by Crippen LogP contribution is -2.43. The molecule has 0 saturated carbocycles. The number of hydrogen-bond acceptors (Lipinski definition) is 2. The van der Waals surface area contributed by atoms with Crippen molar-refractivity contribution in [3.8, 4) is 5.75 Å². The highest BCUT2D eigenvalue weighted by Gasteiger charge is 2.22. The molecule has 0 radical (unpaired) electrons. The van der Waals surface area contributed by atoms with Crippen LogP contribution in [0.25, 0.3) is 0 Å². The summed E-state index contributed by atoms with van der Waals surface area (Å²) in [6.45, 7) is 10.6. The maximum atomic E-state index is 5.68. The van der Waals surface area contributed by atoms with Crippen LogP contribution in [0.1, 0.15) is 58.9 Å². The molecule has 0 spiro atoms. The first-order chi connectivity index (χ1) is 9.19. The fourth-order valence-electron chi connectivity index (χ4n) is 2.38. The van der Waals surface area contributed by atoms with Gasteiger partial charge in [-0.1, -0.05) is 39.8 Å². The van der Waals surface area contributed by atoms with Gasteiger partial charge in [-0.25, -0.2) is 0 Å². The highest BCUT2D eigenvalue weighted by molar-refractivity contribution is 5.28. The number of hydrogen-bond donors (Lipinski definition) is 1. The van der Waals surface area contributed by atoms with Crippen LogP contribution in [-0.2, 0) is 6.54 Å². The molecule has 0 aromatic heterocycles. The van der Waals surface area contributed by atoms with Crippen LogP contribution in [0.4, 0.5) is 0 Å². The van der Waals surface area contributed by atoms with Gasteiger partial charge in [-0.3, -0.25) is 0 Å². The van der Waals surface area contributed by atoms with E-state index in [0.717, 1.165) is 25.3 Å². The van der Waals surface area contributed by atoms with Crippen molar-refractivity contribution in [3.63, 3.8) is 0 Å². The summed E-state index contributed by atoms with van der Waals surface area (Å²) in [4.78, 5) is 0. The summed E-state index contributed by atoms with van der Waals surface area (Å²) < 4.78 is 5.68. The molecule has 0 atom stereocenters. The second-order valence-corrected chi connectivity index (χ2v) is 5.19. The monoisotopic (exact) mass is 263 g/mol. The number of benzene rings is 1. The minimum absolute atomic E-state index is 0.278. The van der Waals surface area contributed by atoms with Crippen LogP contribution in [0.5, 0.6) is 5.75 Å². The van der Waals surface area contributed by atoms with Crippen LogP contribution in [0.15, 0.2) is 24.3 Å². The first-order valence-electron chi connectivity index (χ1n) is 7.66. The highest BCUT2D eigenvalue weighted by atomic mass is 16.5. The van der Waals surface area contributed by atoms with Gasteiger partial charge in [0, 0.05) is 12.1 Å². The lowest BCUT2D eigenvalue weighted by molar-refractivity contribution is 0.287. The molecule has 0 heterocycles. The van der Waals surface area contributed by atoms with Crippen LogP contribution in [0, 0.1) is 0 Å². The Morgan fingerprint density at radius 3 is 2.32 bits per heavy atom. The minimum Gasteiger partial charge on any atom is -0.494 e. The molecular weight excluding hydrogens is 234 g/mol. The number of rotatable bonds is 9. The molecule has 1 aromatic carbocycles. The topological polar surface area (TPSA) is 21.3 Å². The van der Waals surface area contributed by atoms with Crippen molar-refractivity contribution in [1.29, 1.82) is 0 Å². The molecule has 0 fully saturated rings. The lowest BCUT2D eigenvalue weighted by Gasteiger charge is -2.32. The summed E-state index contributed by atoms with van der Waals surface area (Å²) in [5, 5.41) is 3.73. The fraction of sp³-hybridized carbons (Fsp3) is 0.647. The third kappa shape index (κ3) is 4.87. The van der Waals surface area contributed by atoms with E-state index < -0.39 is 0 Å². The van der Waals surface area contributed by atoms with E-state index in [1.807, 2.05) is 6.07 Å². The van der Waals surface area contributed by atoms with Crippen molar-refractivity contribution in [1.82, 2.24) is 5.32 Å². The van der Waals surface area contributed by atoms with Gasteiger partial charge in [0.2, 0.25) is 0 Å². The maximum absolute atomic E-state index is 5.68. The first-order valence-corrected chi connectivity index (χ1v) is 7.66. The molecule has 1 rings (SSSR count). The molecule has 0 saturated heterocycles. The molecule has 0 amide bonds. The molecule has 0 aliphatic carbocycles. The summed E-state index contributed by atoms with van der Waals surface area (Å²) in [5.74, 6) is 0.983. The highest BCUT2D eigenvalue weighted by Crippen LogP contribution is 2.21. The zero-order valence-electron chi connectivity index (χ0n) is 13.0. The zero-order chi connectivity index (χ0) is 14.1. The molecule has 108 valence electrons. The van der Waals surface area contributed by atoms with Crippen molar-refractivity contribution in [2.75, 3.05) is 6.61 Å². The average Bonchev–Trinajstić information content (AvgIpc) is 2.47. The summed E-state index contributed by atoms with van der Waals surface area (Å²) >= 11 is 0. The van der Waals surface area contributed by atoms with Crippen molar-refractivity contribution in [3.05, 3.63) is 29.8 Å². The van der Waals surface area contributed by atoms with Gasteiger partial charge < -0.3 is 10.1 Å². The van der Waals surface area contributed by atoms with Crippen molar-refractivity contribution in [2.24, 2.45) is 0 Å². The standard InChI is InChI=1S/C17H29NO/c1-5-12-19-16-11-9-10-15(13-16)14-18-17(6-2,7-3)8-4/h9-11,13,18H,5-8,12,14H2,1-4H3. The normalized spacial score (nSPS) is 11.6. The van der Waals surface area contributed by atoms with Gasteiger partial charge in [-0.15, -0.1) is 0 Å². The van der Waals surface area contributed by atoms with Crippen molar-refractivity contribution in [2.45, 2.75) is 65.5 Å². The third-order valence-electron chi connectivity index (χ3n) is 4.07. The van der Waals surface area contributed by atoms with E-state index in [1.54, 1.807) is 0 Å². The van der Waals surface area contributed by atoms with Gasteiger partial charge in [0.15, 0.2) is 0 Å². The van der Waals surface area contributed by atoms with Crippen LogP contribution in [0.2, 0.25) is 0 Å². The Hall–Kier alpha value is -1.02. The first kappa shape index (κ1) is 16.0. The molecule has 0 aliphatic rings. The Kier molecular flexibility index (Phi) is 6.93. The summed E-state index contributed by atoms with van der Waals surface area (Å²) in [6.07, 6.45) is 4.57. The van der Waals surface area contributed by atoms with Crippen LogP contribution in [-0.4, -0.2) is 12.1 Å². The van der Waals surface area contributed by atoms with E-state index in [2.05, 4.69) is 51.2 Å². The SMILES string of the molecule is CCCOc1cccc(CNC(CC)(CC)CC)c1. The number of nitrogens with one attached hydrogen (secondary N) is 1. The van der Waals surface area contributed by atoms with E-state index in [0.29, 0.717) is 0 Å². The van der Waals surface area contributed by atoms with E-state index in [4.69, 9.17) is 4.74 Å². The van der Waals surface area contributed by atoms with Crippen molar-refractivity contribution < 1.29 is 4.74 Å².